The van der Waals surface area contributed by atoms with E-state index in [1.54, 1.807) is 6.92 Å². The molecule has 0 saturated carbocycles. The topological polar surface area (TPSA) is 39.2 Å². The van der Waals surface area contributed by atoms with Crippen LogP contribution in [0.15, 0.2) is 10.7 Å². The Labute approximate surface area is 110 Å². The van der Waals surface area contributed by atoms with Crippen molar-refractivity contribution in [3.05, 3.63) is 26.9 Å². The number of aromatic nitrogens is 1. The first-order chi connectivity index (χ1) is 7.97. The summed E-state index contributed by atoms with van der Waals surface area (Å²) in [6, 6.07) is 0. The molecule has 0 aliphatic rings. The molecule has 1 rings (SSSR count). The van der Waals surface area contributed by atoms with Crippen molar-refractivity contribution in [3.8, 4) is 0 Å². The third kappa shape index (κ3) is 3.61. The highest BCUT2D eigenvalue weighted by molar-refractivity contribution is 9.10. The van der Waals surface area contributed by atoms with Crippen LogP contribution in [0.25, 0.3) is 0 Å². The van der Waals surface area contributed by atoms with E-state index in [0.717, 1.165) is 0 Å². The number of halogens is 4. The summed E-state index contributed by atoms with van der Waals surface area (Å²) in [4.78, 5) is 15.0. The molecule has 0 radical (unpaired) electrons. The van der Waals surface area contributed by atoms with Crippen molar-refractivity contribution in [1.29, 1.82) is 0 Å². The highest BCUT2D eigenvalue weighted by atomic mass is 79.9. The number of nitrogens with zero attached hydrogens (tertiary/aromatic N) is 1. The predicted octanol–water partition coefficient (Wildman–Crippen LogP) is 3.54. The average Bonchev–Trinajstić information content (AvgIpc) is 2.22. The van der Waals surface area contributed by atoms with Gasteiger partial charge in [-0.1, -0.05) is 11.6 Å². The van der Waals surface area contributed by atoms with Crippen LogP contribution in [-0.2, 0) is 16.0 Å². The number of ether oxygens (including phenoxy) is 1. The quantitative estimate of drug-likeness (QED) is 0.794. The fourth-order valence-corrected chi connectivity index (χ4v) is 2.08. The van der Waals surface area contributed by atoms with E-state index in [1.165, 1.54) is 6.20 Å². The second kappa shape index (κ2) is 6.26. The van der Waals surface area contributed by atoms with Crippen molar-refractivity contribution >= 4 is 33.5 Å². The Bertz CT molecular complexity index is 429. The molecule has 7 heteroatoms. The maximum absolute atomic E-state index is 12.7. The van der Waals surface area contributed by atoms with Crippen molar-refractivity contribution in [2.45, 2.75) is 19.8 Å². The molecule has 17 heavy (non-hydrogen) atoms. The molecule has 3 nitrogen and oxygen atoms in total. The maximum atomic E-state index is 12.7. The largest absolute Gasteiger partial charge is 0.466 e. The van der Waals surface area contributed by atoms with Crippen LogP contribution in [0, 0.1) is 0 Å². The number of alkyl halides is 2. The summed E-state index contributed by atoms with van der Waals surface area (Å²) in [5.41, 5.74) is -0.274. The Morgan fingerprint density at radius 1 is 1.65 bits per heavy atom. The summed E-state index contributed by atoms with van der Waals surface area (Å²) in [5.74, 6) is -0.551. The number of pyridine rings is 1. The molecule has 0 atom stereocenters. The second-order valence-corrected chi connectivity index (χ2v) is 4.30. The van der Waals surface area contributed by atoms with Crippen molar-refractivity contribution < 1.29 is 18.3 Å². The predicted molar refractivity (Wildman–Crippen MR) is 62.2 cm³/mol. The Morgan fingerprint density at radius 2 is 2.29 bits per heavy atom. The summed E-state index contributed by atoms with van der Waals surface area (Å²) in [6.07, 6.45) is -1.76. The van der Waals surface area contributed by atoms with Gasteiger partial charge in [0.15, 0.2) is 0 Å². The van der Waals surface area contributed by atoms with Crippen LogP contribution < -0.4 is 0 Å². The summed E-state index contributed by atoms with van der Waals surface area (Å²) < 4.78 is 30.2. The van der Waals surface area contributed by atoms with E-state index in [4.69, 9.17) is 16.3 Å². The minimum atomic E-state index is -2.74. The van der Waals surface area contributed by atoms with Crippen molar-refractivity contribution in [1.82, 2.24) is 4.98 Å². The van der Waals surface area contributed by atoms with Gasteiger partial charge in [0.05, 0.1) is 29.3 Å². The zero-order valence-electron chi connectivity index (χ0n) is 8.84. The molecule has 0 bridgehead atoms. The van der Waals surface area contributed by atoms with E-state index in [2.05, 4.69) is 20.9 Å². The Kier molecular flexibility index (Phi) is 5.27. The molecule has 0 saturated heterocycles. The molecule has 0 amide bonds. The lowest BCUT2D eigenvalue weighted by atomic mass is 10.2. The van der Waals surface area contributed by atoms with E-state index in [0.29, 0.717) is 0 Å². The highest BCUT2D eigenvalue weighted by Crippen LogP contribution is 2.34. The molecule has 0 aliphatic heterocycles. The van der Waals surface area contributed by atoms with E-state index in [-0.39, 0.29) is 33.8 Å². The lowest BCUT2D eigenvalue weighted by Crippen LogP contribution is -2.10. The lowest BCUT2D eigenvalue weighted by molar-refractivity contribution is -0.142. The summed E-state index contributed by atoms with van der Waals surface area (Å²) in [6.45, 7) is 1.87. The zero-order valence-corrected chi connectivity index (χ0v) is 11.2. The fraction of sp³-hybridized carbons (Fsp3) is 0.400. The molecule has 0 aromatic carbocycles. The molecule has 0 aliphatic carbocycles. The maximum Gasteiger partial charge on any atom is 0.311 e. The summed E-state index contributed by atoms with van der Waals surface area (Å²) >= 11 is 8.71. The molecule has 1 aromatic heterocycles. The van der Waals surface area contributed by atoms with Gasteiger partial charge in [-0.15, -0.1) is 0 Å². The number of hydrogen-bond donors (Lipinski definition) is 0. The van der Waals surface area contributed by atoms with Crippen LogP contribution in [0.1, 0.15) is 24.6 Å². The first-order valence-electron chi connectivity index (χ1n) is 4.73. The van der Waals surface area contributed by atoms with Gasteiger partial charge in [-0.05, 0) is 22.9 Å². The third-order valence-corrected chi connectivity index (χ3v) is 2.97. The Balaban J connectivity index is 3.02. The second-order valence-electron chi connectivity index (χ2n) is 3.06. The van der Waals surface area contributed by atoms with Gasteiger partial charge in [0, 0.05) is 10.7 Å². The Morgan fingerprint density at radius 3 is 2.82 bits per heavy atom. The van der Waals surface area contributed by atoms with Crippen LogP contribution in [0.2, 0.25) is 5.02 Å². The number of esters is 1. The number of hydrogen-bond acceptors (Lipinski definition) is 3. The van der Waals surface area contributed by atoms with Crippen LogP contribution >= 0.6 is 27.5 Å². The standard InChI is InChI=1S/C10H9BrClF2NO2/c1-2-17-7(16)3-6-9(12)8(10(13)14)5(11)4-15-6/h4,10H,2-3H2,1H3. The minimum Gasteiger partial charge on any atom is -0.466 e. The van der Waals surface area contributed by atoms with Gasteiger partial charge in [0.1, 0.15) is 0 Å². The van der Waals surface area contributed by atoms with E-state index in [9.17, 15) is 13.6 Å². The van der Waals surface area contributed by atoms with Crippen molar-refractivity contribution in [3.63, 3.8) is 0 Å². The van der Waals surface area contributed by atoms with Crippen LogP contribution in [0.3, 0.4) is 0 Å². The molecule has 94 valence electrons. The first kappa shape index (κ1) is 14.3. The smallest absolute Gasteiger partial charge is 0.311 e. The molecular formula is C10H9BrClF2NO2. The molecule has 0 fully saturated rings. The Hall–Kier alpha value is -0.750. The van der Waals surface area contributed by atoms with Gasteiger partial charge in [-0.3, -0.25) is 9.78 Å². The van der Waals surface area contributed by atoms with E-state index in [1.807, 2.05) is 0 Å². The monoisotopic (exact) mass is 327 g/mol. The summed E-state index contributed by atoms with van der Waals surface area (Å²) in [7, 11) is 0. The van der Waals surface area contributed by atoms with Crippen molar-refractivity contribution in [2.75, 3.05) is 6.61 Å². The molecule has 0 N–H and O–H groups in total. The molecule has 0 unspecified atom stereocenters. The fourth-order valence-electron chi connectivity index (χ4n) is 1.19. The molecule has 1 heterocycles. The van der Waals surface area contributed by atoms with E-state index < -0.39 is 12.4 Å². The van der Waals surface area contributed by atoms with Crippen LogP contribution in [-0.4, -0.2) is 17.6 Å². The van der Waals surface area contributed by atoms with Gasteiger partial charge < -0.3 is 4.74 Å². The van der Waals surface area contributed by atoms with E-state index >= 15 is 0 Å². The third-order valence-electron chi connectivity index (χ3n) is 1.92. The van der Waals surface area contributed by atoms with Gasteiger partial charge >= 0.3 is 5.97 Å². The highest BCUT2D eigenvalue weighted by Gasteiger charge is 2.21. The minimum absolute atomic E-state index is 0.0867. The number of carbonyl (C=O) groups is 1. The SMILES string of the molecule is CCOC(=O)Cc1ncc(Br)c(C(F)F)c1Cl. The molecule has 1 aromatic rings. The van der Waals surface area contributed by atoms with Gasteiger partial charge in [-0.25, -0.2) is 8.78 Å². The van der Waals surface area contributed by atoms with Gasteiger partial charge in [0.2, 0.25) is 0 Å². The van der Waals surface area contributed by atoms with Crippen molar-refractivity contribution in [2.24, 2.45) is 0 Å². The normalized spacial score (nSPS) is 10.7. The van der Waals surface area contributed by atoms with Crippen LogP contribution in [0.4, 0.5) is 8.78 Å². The summed E-state index contributed by atoms with van der Waals surface area (Å²) in [5, 5.41) is -0.206. The zero-order chi connectivity index (χ0) is 13.0. The number of rotatable bonds is 4. The van der Waals surface area contributed by atoms with Gasteiger partial charge in [-0.2, -0.15) is 0 Å². The number of carbonyl (C=O) groups excluding carboxylic acids is 1. The van der Waals surface area contributed by atoms with Gasteiger partial charge in [0.25, 0.3) is 6.43 Å². The molecule has 0 spiro atoms. The first-order valence-corrected chi connectivity index (χ1v) is 5.91. The van der Waals surface area contributed by atoms with Crippen LogP contribution in [0.5, 0.6) is 0 Å². The average molecular weight is 329 g/mol. The molecular weight excluding hydrogens is 319 g/mol. The lowest BCUT2D eigenvalue weighted by Gasteiger charge is -2.09.